The summed E-state index contributed by atoms with van der Waals surface area (Å²) in [6, 6.07) is 4.29. The maximum Gasteiger partial charge on any atom is 0.161 e. The summed E-state index contributed by atoms with van der Waals surface area (Å²) in [5.74, 6) is 2.42. The van der Waals surface area contributed by atoms with Gasteiger partial charge in [0.05, 0.1) is 13.7 Å². The number of hydrogen-bond donors (Lipinski definition) is 1. The summed E-state index contributed by atoms with van der Waals surface area (Å²) in [6.45, 7) is 4.91. The normalized spacial score (nSPS) is 15.6. The minimum atomic E-state index is 0. The lowest BCUT2D eigenvalue weighted by Crippen LogP contribution is -2.18. The minimum absolute atomic E-state index is 0. The predicted octanol–water partition coefficient (Wildman–Crippen LogP) is 3.10. The van der Waals surface area contributed by atoms with Crippen LogP contribution in [-0.4, -0.2) is 19.8 Å². The Morgan fingerprint density at radius 1 is 1.32 bits per heavy atom. The van der Waals surface area contributed by atoms with E-state index in [4.69, 9.17) is 15.2 Å². The predicted molar refractivity (Wildman–Crippen MR) is 80.6 cm³/mol. The van der Waals surface area contributed by atoms with Crippen molar-refractivity contribution in [2.24, 2.45) is 11.7 Å². The van der Waals surface area contributed by atoms with Gasteiger partial charge in [-0.05, 0) is 62.3 Å². The van der Waals surface area contributed by atoms with Crippen molar-refractivity contribution in [3.63, 3.8) is 0 Å². The van der Waals surface area contributed by atoms with Crippen molar-refractivity contribution in [2.45, 2.75) is 39.2 Å². The average molecular weight is 286 g/mol. The summed E-state index contributed by atoms with van der Waals surface area (Å²) in [7, 11) is 1.68. The Morgan fingerprint density at radius 3 is 2.53 bits per heavy atom. The first-order valence-electron chi connectivity index (χ1n) is 6.66. The van der Waals surface area contributed by atoms with Crippen molar-refractivity contribution in [1.82, 2.24) is 0 Å². The SMILES string of the molecule is COc1cc(C)c(CC(C)N)cc1OCC1CC1.Cl. The molecule has 4 heteroatoms. The van der Waals surface area contributed by atoms with E-state index in [1.54, 1.807) is 7.11 Å². The third-order valence-electron chi connectivity index (χ3n) is 3.34. The molecule has 108 valence electrons. The third-order valence-corrected chi connectivity index (χ3v) is 3.34. The zero-order chi connectivity index (χ0) is 13.1. The molecule has 1 aliphatic carbocycles. The van der Waals surface area contributed by atoms with E-state index in [-0.39, 0.29) is 18.4 Å². The first-order chi connectivity index (χ1) is 8.60. The number of hydrogen-bond acceptors (Lipinski definition) is 3. The Hall–Kier alpha value is -0.930. The Morgan fingerprint density at radius 2 is 2.00 bits per heavy atom. The Labute approximate surface area is 121 Å². The van der Waals surface area contributed by atoms with Gasteiger partial charge in [-0.1, -0.05) is 0 Å². The van der Waals surface area contributed by atoms with Crippen molar-refractivity contribution < 1.29 is 9.47 Å². The van der Waals surface area contributed by atoms with Crippen LogP contribution in [0.5, 0.6) is 11.5 Å². The fourth-order valence-corrected chi connectivity index (χ4v) is 2.03. The van der Waals surface area contributed by atoms with Crippen LogP contribution in [0.2, 0.25) is 0 Å². The van der Waals surface area contributed by atoms with Crippen LogP contribution in [0.1, 0.15) is 30.9 Å². The Kier molecular flexibility index (Phi) is 5.95. The van der Waals surface area contributed by atoms with Gasteiger partial charge in [0, 0.05) is 6.04 Å². The first-order valence-corrected chi connectivity index (χ1v) is 6.66. The number of ether oxygens (including phenoxy) is 2. The Bertz CT molecular complexity index is 417. The van der Waals surface area contributed by atoms with Crippen LogP contribution < -0.4 is 15.2 Å². The summed E-state index contributed by atoms with van der Waals surface area (Å²) in [5, 5.41) is 0. The summed E-state index contributed by atoms with van der Waals surface area (Å²) in [4.78, 5) is 0. The summed E-state index contributed by atoms with van der Waals surface area (Å²) < 4.78 is 11.2. The maximum atomic E-state index is 5.87. The molecule has 2 N–H and O–H groups in total. The van der Waals surface area contributed by atoms with Crippen LogP contribution in [0.15, 0.2) is 12.1 Å². The van der Waals surface area contributed by atoms with Gasteiger partial charge < -0.3 is 15.2 Å². The van der Waals surface area contributed by atoms with Gasteiger partial charge in [0.15, 0.2) is 11.5 Å². The molecular formula is C15H24ClNO2. The molecular weight excluding hydrogens is 262 g/mol. The minimum Gasteiger partial charge on any atom is -0.493 e. The van der Waals surface area contributed by atoms with Crippen LogP contribution in [0.25, 0.3) is 0 Å². The lowest BCUT2D eigenvalue weighted by atomic mass is 10.0. The number of halogens is 1. The molecule has 0 radical (unpaired) electrons. The fraction of sp³-hybridized carbons (Fsp3) is 0.600. The van der Waals surface area contributed by atoms with Gasteiger partial charge in [-0.2, -0.15) is 0 Å². The maximum absolute atomic E-state index is 5.87. The Balaban J connectivity index is 0.00000180. The van der Waals surface area contributed by atoms with Gasteiger partial charge in [-0.25, -0.2) is 0 Å². The molecule has 0 aromatic heterocycles. The number of benzene rings is 1. The molecule has 1 aromatic rings. The monoisotopic (exact) mass is 285 g/mol. The van der Waals surface area contributed by atoms with E-state index >= 15 is 0 Å². The highest BCUT2D eigenvalue weighted by Crippen LogP contribution is 2.34. The molecule has 1 aliphatic rings. The van der Waals surface area contributed by atoms with Gasteiger partial charge in [-0.3, -0.25) is 0 Å². The highest BCUT2D eigenvalue weighted by Gasteiger charge is 2.22. The van der Waals surface area contributed by atoms with E-state index in [2.05, 4.69) is 13.0 Å². The second kappa shape index (κ2) is 7.01. The van der Waals surface area contributed by atoms with E-state index in [1.807, 2.05) is 13.0 Å². The van der Waals surface area contributed by atoms with Gasteiger partial charge in [0.2, 0.25) is 0 Å². The first kappa shape index (κ1) is 16.1. The van der Waals surface area contributed by atoms with Gasteiger partial charge in [0.1, 0.15) is 0 Å². The molecule has 1 atom stereocenters. The summed E-state index contributed by atoms with van der Waals surface area (Å²) >= 11 is 0. The van der Waals surface area contributed by atoms with Gasteiger partial charge in [0.25, 0.3) is 0 Å². The van der Waals surface area contributed by atoms with Crippen LogP contribution in [0, 0.1) is 12.8 Å². The van der Waals surface area contributed by atoms with Crippen molar-refractivity contribution in [2.75, 3.05) is 13.7 Å². The molecule has 0 bridgehead atoms. The smallest absolute Gasteiger partial charge is 0.161 e. The van der Waals surface area contributed by atoms with Crippen LogP contribution >= 0.6 is 12.4 Å². The number of aryl methyl sites for hydroxylation is 1. The molecule has 2 rings (SSSR count). The highest BCUT2D eigenvalue weighted by molar-refractivity contribution is 5.85. The van der Waals surface area contributed by atoms with Crippen molar-refractivity contribution in [3.05, 3.63) is 23.3 Å². The summed E-state index contributed by atoms with van der Waals surface area (Å²) in [5.41, 5.74) is 8.33. The molecule has 1 aromatic carbocycles. The third kappa shape index (κ3) is 4.59. The molecule has 1 unspecified atom stereocenters. The lowest BCUT2D eigenvalue weighted by Gasteiger charge is -2.15. The van der Waals surface area contributed by atoms with Crippen LogP contribution in [-0.2, 0) is 6.42 Å². The van der Waals surface area contributed by atoms with Crippen molar-refractivity contribution >= 4 is 12.4 Å². The molecule has 19 heavy (non-hydrogen) atoms. The van der Waals surface area contributed by atoms with Gasteiger partial charge in [-0.15, -0.1) is 12.4 Å². The molecule has 1 saturated carbocycles. The second-order valence-electron chi connectivity index (χ2n) is 5.37. The van der Waals surface area contributed by atoms with Gasteiger partial charge >= 0.3 is 0 Å². The quantitative estimate of drug-likeness (QED) is 0.873. The largest absolute Gasteiger partial charge is 0.493 e. The zero-order valence-corrected chi connectivity index (χ0v) is 12.8. The molecule has 3 nitrogen and oxygen atoms in total. The van der Waals surface area contributed by atoms with E-state index in [9.17, 15) is 0 Å². The molecule has 1 fully saturated rings. The van der Waals surface area contributed by atoms with E-state index in [1.165, 1.54) is 24.0 Å². The van der Waals surface area contributed by atoms with E-state index < -0.39 is 0 Å². The average Bonchev–Trinajstić information content (AvgIpc) is 3.12. The number of rotatable bonds is 6. The van der Waals surface area contributed by atoms with Crippen molar-refractivity contribution in [1.29, 1.82) is 0 Å². The number of nitrogens with two attached hydrogens (primary N) is 1. The molecule has 0 saturated heterocycles. The molecule has 0 aliphatic heterocycles. The lowest BCUT2D eigenvalue weighted by molar-refractivity contribution is 0.280. The van der Waals surface area contributed by atoms with Crippen LogP contribution in [0.3, 0.4) is 0 Å². The topological polar surface area (TPSA) is 44.5 Å². The fourth-order valence-electron chi connectivity index (χ4n) is 2.03. The number of methoxy groups -OCH3 is 1. The van der Waals surface area contributed by atoms with Crippen LogP contribution in [0.4, 0.5) is 0 Å². The summed E-state index contributed by atoms with van der Waals surface area (Å²) in [6.07, 6.45) is 3.46. The molecule has 0 heterocycles. The standard InChI is InChI=1S/C15H23NO2.ClH/c1-10-6-14(17-3)15(18-9-12-4-5-12)8-13(10)7-11(2)16;/h6,8,11-12H,4-5,7,9,16H2,1-3H3;1H. The highest BCUT2D eigenvalue weighted by atomic mass is 35.5. The van der Waals surface area contributed by atoms with E-state index in [0.29, 0.717) is 0 Å². The molecule has 0 amide bonds. The van der Waals surface area contributed by atoms with E-state index in [0.717, 1.165) is 30.4 Å². The van der Waals surface area contributed by atoms with Crippen molar-refractivity contribution in [3.8, 4) is 11.5 Å². The zero-order valence-electron chi connectivity index (χ0n) is 11.9. The second-order valence-corrected chi connectivity index (χ2v) is 5.37. The molecule has 0 spiro atoms.